The Balaban J connectivity index is 2.09. The molecule has 0 spiro atoms. The van der Waals surface area contributed by atoms with Crippen molar-refractivity contribution in [2.24, 2.45) is 4.99 Å². The van der Waals surface area contributed by atoms with Crippen LogP contribution in [0.1, 0.15) is 16.7 Å². The number of benzene rings is 2. The fraction of sp³-hybridized carbons (Fsp3) is 0.118. The topological polar surface area (TPSA) is 48.4 Å². The first-order valence-electron chi connectivity index (χ1n) is 6.66. The average Bonchev–Trinajstić information content (AvgIpc) is 2.75. The molecule has 21 heavy (non-hydrogen) atoms. The maximum atomic E-state index is 10.1. The summed E-state index contributed by atoms with van der Waals surface area (Å²) in [6, 6.07) is 12.0. The predicted octanol–water partition coefficient (Wildman–Crippen LogP) is 5.00. The molecule has 1 heterocycles. The molecule has 1 aromatic heterocycles. The van der Waals surface area contributed by atoms with Crippen molar-refractivity contribution in [3.8, 4) is 5.88 Å². The lowest BCUT2D eigenvalue weighted by atomic mass is 10.1. The lowest BCUT2D eigenvalue weighted by Gasteiger charge is -2.01. The fourth-order valence-electron chi connectivity index (χ4n) is 2.29. The molecule has 0 saturated heterocycles. The number of aryl methyl sites for hydroxylation is 2. The molecule has 0 bridgehead atoms. The van der Waals surface area contributed by atoms with Gasteiger partial charge in [-0.05, 0) is 49.2 Å². The summed E-state index contributed by atoms with van der Waals surface area (Å²) >= 11 is 3.45. The van der Waals surface area contributed by atoms with Gasteiger partial charge in [-0.15, -0.1) is 0 Å². The van der Waals surface area contributed by atoms with Gasteiger partial charge in [-0.2, -0.15) is 0 Å². The van der Waals surface area contributed by atoms with Crippen molar-refractivity contribution in [2.75, 3.05) is 0 Å². The Hall–Kier alpha value is -2.07. The molecule has 0 aliphatic heterocycles. The third-order valence-corrected chi connectivity index (χ3v) is 3.97. The van der Waals surface area contributed by atoms with Gasteiger partial charge in [0.15, 0.2) is 5.88 Å². The summed E-state index contributed by atoms with van der Waals surface area (Å²) in [6.45, 7) is 4.07. The molecule has 2 N–H and O–H groups in total. The number of aromatic amines is 1. The zero-order valence-corrected chi connectivity index (χ0v) is 13.4. The second-order valence-corrected chi connectivity index (χ2v) is 6.04. The van der Waals surface area contributed by atoms with E-state index in [9.17, 15) is 5.11 Å². The minimum Gasteiger partial charge on any atom is -0.494 e. The largest absolute Gasteiger partial charge is 0.494 e. The molecule has 0 fully saturated rings. The Morgan fingerprint density at radius 3 is 2.76 bits per heavy atom. The summed E-state index contributed by atoms with van der Waals surface area (Å²) in [5.74, 6) is 0.136. The van der Waals surface area contributed by atoms with Crippen LogP contribution in [0.25, 0.3) is 10.9 Å². The molecule has 0 saturated carbocycles. The Bertz CT molecular complexity index is 849. The molecule has 3 nitrogen and oxygen atoms in total. The predicted molar refractivity (Wildman–Crippen MR) is 90.8 cm³/mol. The second-order valence-electron chi connectivity index (χ2n) is 5.13. The summed E-state index contributed by atoms with van der Waals surface area (Å²) in [5, 5.41) is 11.0. The number of nitrogens with zero attached hydrogens (tertiary/aromatic N) is 1. The summed E-state index contributed by atoms with van der Waals surface area (Å²) in [6.07, 6.45) is 1.71. The molecule has 0 amide bonds. The monoisotopic (exact) mass is 342 g/mol. The maximum absolute atomic E-state index is 10.1. The van der Waals surface area contributed by atoms with Gasteiger partial charge in [0, 0.05) is 21.6 Å². The first kappa shape index (κ1) is 13.9. The van der Waals surface area contributed by atoms with Gasteiger partial charge in [0.1, 0.15) is 0 Å². The molecule has 0 atom stereocenters. The summed E-state index contributed by atoms with van der Waals surface area (Å²) < 4.78 is 0.968. The highest BCUT2D eigenvalue weighted by Crippen LogP contribution is 2.29. The molecule has 4 heteroatoms. The third-order valence-electron chi connectivity index (χ3n) is 3.48. The minimum absolute atomic E-state index is 0.136. The third kappa shape index (κ3) is 2.72. The highest BCUT2D eigenvalue weighted by molar-refractivity contribution is 9.10. The molecule has 106 valence electrons. The van der Waals surface area contributed by atoms with E-state index < -0.39 is 0 Å². The molecule has 0 aliphatic rings. The van der Waals surface area contributed by atoms with E-state index in [1.807, 2.05) is 44.2 Å². The second kappa shape index (κ2) is 5.37. The van der Waals surface area contributed by atoms with Crippen molar-refractivity contribution in [2.45, 2.75) is 13.8 Å². The number of H-pyrrole nitrogens is 1. The zero-order chi connectivity index (χ0) is 15.0. The average molecular weight is 343 g/mol. The number of aromatic hydroxyl groups is 1. The van der Waals surface area contributed by atoms with Crippen LogP contribution in [0.3, 0.4) is 0 Å². The molecule has 0 radical (unpaired) electrons. The number of fused-ring (bicyclic) bond motifs is 1. The molecular weight excluding hydrogens is 328 g/mol. The quantitative estimate of drug-likeness (QED) is 0.632. The minimum atomic E-state index is 0.136. The Morgan fingerprint density at radius 2 is 1.95 bits per heavy atom. The van der Waals surface area contributed by atoms with Crippen molar-refractivity contribution >= 4 is 38.7 Å². The SMILES string of the molecule is Cc1ccc(C)c(N=Cc2c(O)[nH]c3ccc(Br)cc23)c1. The van der Waals surface area contributed by atoms with Crippen molar-refractivity contribution in [1.29, 1.82) is 0 Å². The van der Waals surface area contributed by atoms with Gasteiger partial charge in [0.05, 0.1) is 11.3 Å². The van der Waals surface area contributed by atoms with Crippen LogP contribution in [0.15, 0.2) is 45.9 Å². The van der Waals surface area contributed by atoms with Crippen LogP contribution in [-0.4, -0.2) is 16.3 Å². The number of nitrogens with one attached hydrogen (secondary N) is 1. The molecule has 0 aliphatic carbocycles. The number of aliphatic imine (C=N–C) groups is 1. The smallest absolute Gasteiger partial charge is 0.198 e. The normalized spacial score (nSPS) is 11.6. The molecular formula is C17H15BrN2O. The van der Waals surface area contributed by atoms with E-state index in [1.165, 1.54) is 5.56 Å². The molecule has 2 aromatic carbocycles. The van der Waals surface area contributed by atoms with Gasteiger partial charge in [-0.25, -0.2) is 0 Å². The molecule has 3 aromatic rings. The van der Waals surface area contributed by atoms with Crippen LogP contribution < -0.4 is 0 Å². The van der Waals surface area contributed by atoms with Gasteiger partial charge in [-0.3, -0.25) is 4.99 Å². The number of aromatic nitrogens is 1. The molecule has 0 unspecified atom stereocenters. The van der Waals surface area contributed by atoms with Gasteiger partial charge in [0.2, 0.25) is 0 Å². The lowest BCUT2D eigenvalue weighted by molar-refractivity contribution is 0.457. The number of hydrogen-bond donors (Lipinski definition) is 2. The highest BCUT2D eigenvalue weighted by atomic mass is 79.9. The number of halogens is 1. The Labute approximate surface area is 131 Å². The van der Waals surface area contributed by atoms with Crippen molar-refractivity contribution in [3.63, 3.8) is 0 Å². The van der Waals surface area contributed by atoms with E-state index in [-0.39, 0.29) is 5.88 Å². The van der Waals surface area contributed by atoms with Gasteiger partial charge >= 0.3 is 0 Å². The van der Waals surface area contributed by atoms with Crippen LogP contribution in [0, 0.1) is 13.8 Å². The summed E-state index contributed by atoms with van der Waals surface area (Å²) in [7, 11) is 0. The fourth-order valence-corrected chi connectivity index (χ4v) is 2.66. The van der Waals surface area contributed by atoms with Crippen LogP contribution in [0.5, 0.6) is 5.88 Å². The summed E-state index contributed by atoms with van der Waals surface area (Å²) in [5.41, 5.74) is 4.78. The van der Waals surface area contributed by atoms with Crippen molar-refractivity contribution < 1.29 is 5.11 Å². The van der Waals surface area contributed by atoms with Crippen LogP contribution >= 0.6 is 15.9 Å². The zero-order valence-electron chi connectivity index (χ0n) is 11.8. The maximum Gasteiger partial charge on any atom is 0.198 e. The lowest BCUT2D eigenvalue weighted by Crippen LogP contribution is -1.82. The number of hydrogen-bond acceptors (Lipinski definition) is 2. The van der Waals surface area contributed by atoms with E-state index in [0.29, 0.717) is 5.56 Å². The highest BCUT2D eigenvalue weighted by Gasteiger charge is 2.09. The molecule has 3 rings (SSSR count). The van der Waals surface area contributed by atoms with Crippen molar-refractivity contribution in [3.05, 3.63) is 57.6 Å². The van der Waals surface area contributed by atoms with E-state index in [4.69, 9.17) is 0 Å². The van der Waals surface area contributed by atoms with E-state index >= 15 is 0 Å². The first-order valence-corrected chi connectivity index (χ1v) is 7.45. The van der Waals surface area contributed by atoms with Crippen molar-refractivity contribution in [1.82, 2.24) is 4.98 Å². The van der Waals surface area contributed by atoms with Gasteiger partial charge < -0.3 is 10.1 Å². The van der Waals surface area contributed by atoms with Crippen LogP contribution in [0.4, 0.5) is 5.69 Å². The van der Waals surface area contributed by atoms with E-state index in [1.54, 1.807) is 6.21 Å². The summed E-state index contributed by atoms with van der Waals surface area (Å²) in [4.78, 5) is 7.49. The Morgan fingerprint density at radius 1 is 1.14 bits per heavy atom. The standard InChI is InChI=1S/C17H15BrN2O/c1-10-3-4-11(2)16(7-10)19-9-14-13-8-12(18)5-6-15(13)20-17(14)21/h3-9,20-21H,1-2H3. The van der Waals surface area contributed by atoms with Gasteiger partial charge in [0.25, 0.3) is 0 Å². The number of rotatable bonds is 2. The van der Waals surface area contributed by atoms with E-state index in [2.05, 4.69) is 32.0 Å². The Kier molecular flexibility index (Phi) is 3.55. The van der Waals surface area contributed by atoms with Crippen LogP contribution in [-0.2, 0) is 0 Å². The van der Waals surface area contributed by atoms with Crippen LogP contribution in [0.2, 0.25) is 0 Å². The van der Waals surface area contributed by atoms with Gasteiger partial charge in [-0.1, -0.05) is 28.1 Å². The van der Waals surface area contributed by atoms with E-state index in [0.717, 1.165) is 26.6 Å². The first-order chi connectivity index (χ1) is 10.0.